The highest BCUT2D eigenvalue weighted by Crippen LogP contribution is 2.32. The van der Waals surface area contributed by atoms with Gasteiger partial charge in [0.1, 0.15) is 5.69 Å². The number of aliphatic imine (C=N–C) groups is 1. The summed E-state index contributed by atoms with van der Waals surface area (Å²) in [7, 11) is 3.61. The van der Waals surface area contributed by atoms with Crippen molar-refractivity contribution in [2.45, 2.75) is 67.1 Å². The molecule has 32 heavy (non-hydrogen) atoms. The predicted octanol–water partition coefficient (Wildman–Crippen LogP) is 5.47. The van der Waals surface area contributed by atoms with Gasteiger partial charge in [0.15, 0.2) is 5.76 Å². The highest BCUT2D eigenvalue weighted by Gasteiger charge is 2.24. The minimum absolute atomic E-state index is 0.0515. The van der Waals surface area contributed by atoms with E-state index in [1.54, 1.807) is 38.7 Å². The molecular formula is C26H37N3O3. The van der Waals surface area contributed by atoms with Crippen LogP contribution in [0.2, 0.25) is 0 Å². The molecule has 0 aliphatic carbocycles. The Morgan fingerprint density at radius 3 is 2.12 bits per heavy atom. The van der Waals surface area contributed by atoms with Gasteiger partial charge in [-0.05, 0) is 30.4 Å². The van der Waals surface area contributed by atoms with Crippen molar-refractivity contribution in [3.05, 3.63) is 52.3 Å². The van der Waals surface area contributed by atoms with Crippen LogP contribution in [0.15, 0.2) is 29.3 Å². The normalized spacial score (nSPS) is 14.0. The van der Waals surface area contributed by atoms with Crippen LogP contribution < -0.4 is 0 Å². The van der Waals surface area contributed by atoms with Crippen molar-refractivity contribution in [3.63, 3.8) is 0 Å². The molecule has 0 amide bonds. The second-order valence-electron chi connectivity index (χ2n) is 9.42. The molecule has 174 valence electrons. The number of benzene rings is 1. The molecule has 0 fully saturated rings. The van der Waals surface area contributed by atoms with E-state index in [-0.39, 0.29) is 17.3 Å². The summed E-state index contributed by atoms with van der Waals surface area (Å²) in [5.41, 5.74) is 5.78. The van der Waals surface area contributed by atoms with Gasteiger partial charge >= 0.3 is 5.97 Å². The van der Waals surface area contributed by atoms with Crippen molar-refractivity contribution in [1.82, 2.24) is 9.78 Å². The summed E-state index contributed by atoms with van der Waals surface area (Å²) < 4.78 is 13.6. The third-order valence-corrected chi connectivity index (χ3v) is 5.34. The fourth-order valence-electron chi connectivity index (χ4n) is 3.36. The largest absolute Gasteiger partial charge is 0.452 e. The first-order valence-electron chi connectivity index (χ1n) is 11.0. The lowest BCUT2D eigenvalue weighted by molar-refractivity contribution is -0.167. The Hall–Kier alpha value is -2.89. The lowest BCUT2D eigenvalue weighted by Gasteiger charge is -2.22. The molecular weight excluding hydrogens is 402 g/mol. The minimum atomic E-state index is -0.774. The van der Waals surface area contributed by atoms with Crippen LogP contribution in [0.5, 0.6) is 0 Å². The Balaban J connectivity index is 2.67. The van der Waals surface area contributed by atoms with E-state index in [0.29, 0.717) is 5.76 Å². The summed E-state index contributed by atoms with van der Waals surface area (Å²) in [5, 5.41) is 4.56. The summed E-state index contributed by atoms with van der Waals surface area (Å²) in [5.74, 6) is 0.0227. The zero-order valence-corrected chi connectivity index (χ0v) is 21.1. The summed E-state index contributed by atoms with van der Waals surface area (Å²) in [6, 6.07) is 8.40. The maximum atomic E-state index is 12.1. The molecule has 2 aromatic rings. The van der Waals surface area contributed by atoms with Crippen molar-refractivity contribution < 1.29 is 14.3 Å². The zero-order valence-electron chi connectivity index (χ0n) is 21.1. The van der Waals surface area contributed by atoms with E-state index in [1.807, 2.05) is 20.9 Å². The number of aryl methyl sites for hydroxylation is 2. The van der Waals surface area contributed by atoms with Gasteiger partial charge < -0.3 is 9.47 Å². The number of ether oxygens (including phenoxy) is 2. The van der Waals surface area contributed by atoms with E-state index in [1.165, 1.54) is 5.56 Å². The van der Waals surface area contributed by atoms with Gasteiger partial charge in [-0.3, -0.25) is 14.5 Å². The molecule has 0 aliphatic heterocycles. The second-order valence-corrected chi connectivity index (χ2v) is 9.42. The van der Waals surface area contributed by atoms with Crippen LogP contribution in [-0.4, -0.2) is 35.3 Å². The topological polar surface area (TPSA) is 65.7 Å². The van der Waals surface area contributed by atoms with E-state index in [0.717, 1.165) is 28.1 Å². The van der Waals surface area contributed by atoms with Crippen LogP contribution in [0.3, 0.4) is 0 Å². The lowest BCUT2D eigenvalue weighted by Crippen LogP contribution is -2.22. The summed E-state index contributed by atoms with van der Waals surface area (Å²) in [6.07, 6.45) is 1.00. The number of allylic oxidation sites excluding steroid dienone is 1. The highest BCUT2D eigenvalue weighted by atomic mass is 16.7. The number of nitrogens with zero attached hydrogens (tertiary/aromatic N) is 3. The molecule has 6 nitrogen and oxygen atoms in total. The summed E-state index contributed by atoms with van der Waals surface area (Å²) >= 11 is 0. The average Bonchev–Trinajstić information content (AvgIpc) is 2.95. The van der Waals surface area contributed by atoms with Gasteiger partial charge in [0.25, 0.3) is 0 Å². The second kappa shape index (κ2) is 10.2. The number of rotatable bonds is 7. The smallest absolute Gasteiger partial charge is 0.311 e. The van der Waals surface area contributed by atoms with Gasteiger partial charge in [-0.2, -0.15) is 5.10 Å². The number of carbonyl (C=O) groups is 1. The van der Waals surface area contributed by atoms with Gasteiger partial charge in [0.2, 0.25) is 6.29 Å². The molecule has 0 saturated heterocycles. The quantitative estimate of drug-likeness (QED) is 0.248. The molecule has 1 aromatic heterocycles. The third kappa shape index (κ3) is 5.87. The SMILES string of the molecule is C/N=C\C(=C(\OC(C)OC(=O)C(C)C)c1c(C)c(C)nn1C)c1ccc(C(C)(C)C)cc1. The fraction of sp³-hybridized carbons (Fsp3) is 0.500. The van der Waals surface area contributed by atoms with Gasteiger partial charge in [0, 0.05) is 38.4 Å². The lowest BCUT2D eigenvalue weighted by atomic mass is 9.86. The maximum Gasteiger partial charge on any atom is 0.311 e. The molecule has 0 saturated carbocycles. The van der Waals surface area contributed by atoms with Crippen LogP contribution >= 0.6 is 0 Å². The van der Waals surface area contributed by atoms with Crippen molar-refractivity contribution in [2.75, 3.05) is 7.05 Å². The molecule has 0 N–H and O–H groups in total. The fourth-order valence-corrected chi connectivity index (χ4v) is 3.36. The molecule has 0 spiro atoms. The number of aromatic nitrogens is 2. The summed E-state index contributed by atoms with van der Waals surface area (Å²) in [6.45, 7) is 15.9. The van der Waals surface area contributed by atoms with Gasteiger partial charge in [-0.1, -0.05) is 58.9 Å². The van der Waals surface area contributed by atoms with E-state index >= 15 is 0 Å². The van der Waals surface area contributed by atoms with E-state index in [9.17, 15) is 4.79 Å². The Morgan fingerprint density at radius 2 is 1.69 bits per heavy atom. The molecule has 0 aliphatic rings. The van der Waals surface area contributed by atoms with Crippen LogP contribution in [-0.2, 0) is 26.7 Å². The molecule has 1 aromatic carbocycles. The Labute approximate surface area is 192 Å². The van der Waals surface area contributed by atoms with Gasteiger partial charge in [-0.15, -0.1) is 0 Å². The number of carbonyl (C=O) groups excluding carboxylic acids is 1. The maximum absolute atomic E-state index is 12.1. The monoisotopic (exact) mass is 439 g/mol. The number of hydrogen-bond acceptors (Lipinski definition) is 5. The van der Waals surface area contributed by atoms with Crippen LogP contribution in [0.25, 0.3) is 11.3 Å². The highest BCUT2D eigenvalue weighted by molar-refractivity contribution is 6.18. The first kappa shape index (κ1) is 25.4. The average molecular weight is 440 g/mol. The van der Waals surface area contributed by atoms with E-state index < -0.39 is 6.29 Å². The summed E-state index contributed by atoms with van der Waals surface area (Å²) in [4.78, 5) is 16.4. The first-order chi connectivity index (χ1) is 14.9. The van der Waals surface area contributed by atoms with E-state index in [4.69, 9.17) is 9.47 Å². The molecule has 1 heterocycles. The van der Waals surface area contributed by atoms with Gasteiger partial charge in [0.05, 0.1) is 11.6 Å². The number of hydrogen-bond donors (Lipinski definition) is 0. The van der Waals surface area contributed by atoms with Crippen LogP contribution in [0.1, 0.15) is 69.6 Å². The van der Waals surface area contributed by atoms with Crippen LogP contribution in [0.4, 0.5) is 0 Å². The standard InChI is InChI=1S/C26H37N3O3/c1-16(2)25(30)32-19(5)31-24(23-17(3)18(4)28-29(23)10)22(15-27-9)20-11-13-21(14-12-20)26(6,7)8/h11-16,19H,1-10H3/b24-22-,27-15-. The minimum Gasteiger partial charge on any atom is -0.452 e. The van der Waals surface area contributed by atoms with Crippen molar-refractivity contribution in [2.24, 2.45) is 18.0 Å². The first-order valence-corrected chi connectivity index (χ1v) is 11.0. The van der Waals surface area contributed by atoms with Crippen molar-refractivity contribution >= 4 is 23.5 Å². The number of esters is 1. The molecule has 6 heteroatoms. The zero-order chi connectivity index (χ0) is 24.2. The Morgan fingerprint density at radius 1 is 1.09 bits per heavy atom. The third-order valence-electron chi connectivity index (χ3n) is 5.34. The molecule has 2 rings (SSSR count). The molecule has 0 radical (unpaired) electrons. The molecule has 1 unspecified atom stereocenters. The molecule has 1 atom stereocenters. The van der Waals surface area contributed by atoms with E-state index in [2.05, 4.69) is 55.1 Å². The Bertz CT molecular complexity index is 1010. The Kier molecular flexibility index (Phi) is 8.05. The predicted molar refractivity (Wildman–Crippen MR) is 131 cm³/mol. The van der Waals surface area contributed by atoms with Crippen molar-refractivity contribution in [3.8, 4) is 0 Å². The molecule has 0 bridgehead atoms. The van der Waals surface area contributed by atoms with Crippen LogP contribution in [0, 0.1) is 19.8 Å². The van der Waals surface area contributed by atoms with Gasteiger partial charge in [-0.25, -0.2) is 0 Å². The van der Waals surface area contributed by atoms with Crippen molar-refractivity contribution in [1.29, 1.82) is 0 Å².